The van der Waals surface area contributed by atoms with Crippen LogP contribution in [0.5, 0.6) is 0 Å². The first kappa shape index (κ1) is 16.4. The maximum atomic E-state index is 12.8. The van der Waals surface area contributed by atoms with Gasteiger partial charge in [0.1, 0.15) is 9.77 Å². The molecule has 6 nitrogen and oxygen atoms in total. The topological polar surface area (TPSA) is 94.9 Å². The lowest BCUT2D eigenvalue weighted by Gasteiger charge is -2.24. The summed E-state index contributed by atoms with van der Waals surface area (Å²) in [6, 6.07) is -0.150. The Kier molecular flexibility index (Phi) is 5.03. The molecule has 0 amide bonds. The van der Waals surface area contributed by atoms with Crippen molar-refractivity contribution in [1.82, 2.24) is 4.31 Å². The fourth-order valence-corrected chi connectivity index (χ4v) is 6.07. The molecule has 1 atom stereocenters. The van der Waals surface area contributed by atoms with Gasteiger partial charge in [-0.3, -0.25) is 0 Å². The van der Waals surface area contributed by atoms with Crippen molar-refractivity contribution in [2.75, 3.05) is 13.2 Å². The van der Waals surface area contributed by atoms with Crippen molar-refractivity contribution in [1.29, 1.82) is 0 Å². The van der Waals surface area contributed by atoms with Gasteiger partial charge >= 0.3 is 5.97 Å². The fourth-order valence-electron chi connectivity index (χ4n) is 2.76. The molecule has 2 heterocycles. The average molecular weight is 333 g/mol. The lowest BCUT2D eigenvalue weighted by molar-refractivity contribution is 0.0698. The molecule has 1 aliphatic rings. The SMILES string of the molecule is Cc1csc(C(=O)O)c1S(=O)(=O)N1CCCC1CCCO. The third kappa shape index (κ3) is 3.13. The number of carboxylic acids is 1. The first-order valence-electron chi connectivity index (χ1n) is 6.83. The zero-order valence-corrected chi connectivity index (χ0v) is 13.4. The summed E-state index contributed by atoms with van der Waals surface area (Å²) in [5.74, 6) is -1.21. The molecule has 1 aliphatic heterocycles. The average Bonchev–Trinajstić information content (AvgIpc) is 3.02. The van der Waals surface area contributed by atoms with Crippen molar-refractivity contribution in [3.63, 3.8) is 0 Å². The molecular formula is C13H19NO5S2. The van der Waals surface area contributed by atoms with Gasteiger partial charge in [-0.2, -0.15) is 4.31 Å². The van der Waals surface area contributed by atoms with E-state index in [1.54, 1.807) is 12.3 Å². The highest BCUT2D eigenvalue weighted by Crippen LogP contribution is 2.34. The van der Waals surface area contributed by atoms with Crippen LogP contribution in [0.4, 0.5) is 0 Å². The van der Waals surface area contributed by atoms with E-state index in [2.05, 4.69) is 0 Å². The number of sulfonamides is 1. The summed E-state index contributed by atoms with van der Waals surface area (Å²) in [6.45, 7) is 2.06. The highest BCUT2D eigenvalue weighted by atomic mass is 32.2. The number of aromatic carboxylic acids is 1. The van der Waals surface area contributed by atoms with Crippen molar-refractivity contribution in [3.05, 3.63) is 15.8 Å². The third-order valence-corrected chi connectivity index (χ3v) is 7.05. The van der Waals surface area contributed by atoms with Crippen molar-refractivity contribution in [3.8, 4) is 0 Å². The summed E-state index contributed by atoms with van der Waals surface area (Å²) in [7, 11) is -3.80. The van der Waals surface area contributed by atoms with E-state index in [1.807, 2.05) is 0 Å². The van der Waals surface area contributed by atoms with Crippen molar-refractivity contribution < 1.29 is 23.4 Å². The van der Waals surface area contributed by atoms with Crippen molar-refractivity contribution in [2.45, 2.75) is 43.5 Å². The van der Waals surface area contributed by atoms with Crippen LogP contribution in [-0.4, -0.2) is 48.1 Å². The maximum Gasteiger partial charge on any atom is 0.347 e. The number of aryl methyl sites for hydroxylation is 1. The smallest absolute Gasteiger partial charge is 0.347 e. The molecule has 1 fully saturated rings. The Morgan fingerprint density at radius 3 is 2.86 bits per heavy atom. The number of carboxylic acid groups (broad SMARTS) is 1. The monoisotopic (exact) mass is 333 g/mol. The molecule has 0 spiro atoms. The Hall–Kier alpha value is -0.960. The van der Waals surface area contributed by atoms with Gasteiger partial charge in [-0.15, -0.1) is 11.3 Å². The van der Waals surface area contributed by atoms with Crippen LogP contribution in [0.2, 0.25) is 0 Å². The molecule has 21 heavy (non-hydrogen) atoms. The molecular weight excluding hydrogens is 314 g/mol. The van der Waals surface area contributed by atoms with Crippen LogP contribution in [0.3, 0.4) is 0 Å². The summed E-state index contributed by atoms with van der Waals surface area (Å²) in [4.78, 5) is 11.0. The second-order valence-electron chi connectivity index (χ2n) is 5.16. The second kappa shape index (κ2) is 6.43. The van der Waals surface area contributed by atoms with Gasteiger partial charge in [0.05, 0.1) is 0 Å². The van der Waals surface area contributed by atoms with E-state index in [0.717, 1.165) is 24.2 Å². The molecule has 118 valence electrons. The number of aliphatic hydroxyl groups excluding tert-OH is 1. The zero-order chi connectivity index (χ0) is 15.6. The van der Waals surface area contributed by atoms with Gasteiger partial charge in [0, 0.05) is 19.2 Å². The fraction of sp³-hybridized carbons (Fsp3) is 0.615. The van der Waals surface area contributed by atoms with E-state index in [1.165, 1.54) is 4.31 Å². The first-order valence-corrected chi connectivity index (χ1v) is 9.15. The van der Waals surface area contributed by atoms with Crippen LogP contribution in [0.25, 0.3) is 0 Å². The zero-order valence-electron chi connectivity index (χ0n) is 11.8. The van der Waals surface area contributed by atoms with Crippen LogP contribution in [0.1, 0.15) is 40.9 Å². The van der Waals surface area contributed by atoms with Gasteiger partial charge in [0.2, 0.25) is 10.0 Å². The predicted octanol–water partition coefficient (Wildman–Crippen LogP) is 1.68. The second-order valence-corrected chi connectivity index (χ2v) is 7.87. The van der Waals surface area contributed by atoms with Gasteiger partial charge in [-0.1, -0.05) is 0 Å². The third-order valence-electron chi connectivity index (χ3n) is 3.70. The Balaban J connectivity index is 2.38. The van der Waals surface area contributed by atoms with Crippen LogP contribution in [-0.2, 0) is 10.0 Å². The summed E-state index contributed by atoms with van der Waals surface area (Å²) in [6.07, 6.45) is 2.66. The number of hydrogen-bond donors (Lipinski definition) is 2. The van der Waals surface area contributed by atoms with Gasteiger partial charge < -0.3 is 10.2 Å². The van der Waals surface area contributed by atoms with Gasteiger partial charge in [-0.25, -0.2) is 13.2 Å². The van der Waals surface area contributed by atoms with Crippen LogP contribution < -0.4 is 0 Å². The summed E-state index contributed by atoms with van der Waals surface area (Å²) >= 11 is 0.944. The van der Waals surface area contributed by atoms with E-state index in [-0.39, 0.29) is 22.4 Å². The molecule has 8 heteroatoms. The van der Waals surface area contributed by atoms with Crippen molar-refractivity contribution >= 4 is 27.3 Å². The Bertz CT molecular complexity index is 623. The Labute approximate surface area is 128 Å². The lowest BCUT2D eigenvalue weighted by Crippen LogP contribution is -2.36. The molecule has 0 aliphatic carbocycles. The number of aliphatic hydroxyl groups is 1. The minimum Gasteiger partial charge on any atom is -0.477 e. The van der Waals surface area contributed by atoms with Crippen LogP contribution in [0.15, 0.2) is 10.3 Å². The summed E-state index contributed by atoms with van der Waals surface area (Å²) < 4.78 is 27.1. The number of carbonyl (C=O) groups is 1. The molecule has 0 saturated carbocycles. The lowest BCUT2D eigenvalue weighted by atomic mass is 10.1. The molecule has 1 unspecified atom stereocenters. The standard InChI is InChI=1S/C13H19NO5S2/c1-9-8-20-11(13(16)17)12(9)21(18,19)14-6-2-4-10(14)5-3-7-15/h8,10,15H,2-7H2,1H3,(H,16,17). The minimum absolute atomic E-state index is 0.0300. The first-order chi connectivity index (χ1) is 9.89. The van der Waals surface area contributed by atoms with Crippen molar-refractivity contribution in [2.24, 2.45) is 0 Å². The molecule has 2 rings (SSSR count). The quantitative estimate of drug-likeness (QED) is 0.826. The number of nitrogens with zero attached hydrogens (tertiary/aromatic N) is 1. The highest BCUT2D eigenvalue weighted by molar-refractivity contribution is 7.89. The molecule has 1 aromatic heterocycles. The van der Waals surface area contributed by atoms with Crippen LogP contribution >= 0.6 is 11.3 Å². The van der Waals surface area contributed by atoms with E-state index >= 15 is 0 Å². The van der Waals surface area contributed by atoms with Gasteiger partial charge in [0.25, 0.3) is 0 Å². The largest absolute Gasteiger partial charge is 0.477 e. The number of thiophene rings is 1. The molecule has 1 saturated heterocycles. The van der Waals surface area contributed by atoms with E-state index in [9.17, 15) is 18.3 Å². The summed E-state index contributed by atoms with van der Waals surface area (Å²) in [5.41, 5.74) is 0.477. The Morgan fingerprint density at radius 1 is 1.52 bits per heavy atom. The molecule has 1 aromatic rings. The van der Waals surface area contributed by atoms with E-state index < -0.39 is 16.0 Å². The van der Waals surface area contributed by atoms with E-state index in [4.69, 9.17) is 5.11 Å². The molecule has 0 radical (unpaired) electrons. The molecule has 0 bridgehead atoms. The maximum absolute atomic E-state index is 12.8. The number of hydrogen-bond acceptors (Lipinski definition) is 5. The Morgan fingerprint density at radius 2 is 2.24 bits per heavy atom. The number of rotatable bonds is 6. The van der Waals surface area contributed by atoms with Crippen LogP contribution in [0, 0.1) is 6.92 Å². The summed E-state index contributed by atoms with van der Waals surface area (Å²) in [5, 5.41) is 19.7. The normalized spacial score (nSPS) is 20.0. The minimum atomic E-state index is -3.80. The van der Waals surface area contributed by atoms with Gasteiger partial charge in [-0.05, 0) is 43.6 Å². The van der Waals surface area contributed by atoms with Gasteiger partial charge in [0.15, 0.2) is 0 Å². The highest BCUT2D eigenvalue weighted by Gasteiger charge is 2.38. The predicted molar refractivity (Wildman–Crippen MR) is 79.2 cm³/mol. The molecule has 0 aromatic carbocycles. The molecule has 2 N–H and O–H groups in total. The van der Waals surface area contributed by atoms with E-state index in [0.29, 0.717) is 24.9 Å².